The van der Waals surface area contributed by atoms with Gasteiger partial charge in [-0.05, 0) is 18.8 Å². The lowest BCUT2D eigenvalue weighted by Gasteiger charge is -2.16. The molecule has 0 bridgehead atoms. The predicted molar refractivity (Wildman–Crippen MR) is 57.0 cm³/mol. The molecule has 78 valence electrons. The molecule has 2 atom stereocenters. The largest absolute Gasteiger partial charge is 0.370 e. The molecule has 0 aromatic carbocycles. The fourth-order valence-electron chi connectivity index (χ4n) is 2.10. The van der Waals surface area contributed by atoms with Crippen molar-refractivity contribution in [1.82, 2.24) is 9.78 Å². The third kappa shape index (κ3) is 1.90. The van der Waals surface area contributed by atoms with E-state index in [1.807, 2.05) is 17.8 Å². The zero-order valence-electron chi connectivity index (χ0n) is 8.61. The van der Waals surface area contributed by atoms with Crippen LogP contribution in [0.25, 0.3) is 0 Å². The third-order valence-corrected chi connectivity index (χ3v) is 3.08. The monoisotopic (exact) mass is 194 g/mol. The maximum atomic E-state index is 5.99. The maximum absolute atomic E-state index is 5.99. The normalized spacial score (nSPS) is 26.7. The summed E-state index contributed by atoms with van der Waals surface area (Å²) in [6, 6.07) is 2.37. The Morgan fingerprint density at radius 3 is 3.07 bits per heavy atom. The van der Waals surface area contributed by atoms with Gasteiger partial charge in [-0.3, -0.25) is 4.68 Å². The van der Waals surface area contributed by atoms with Crippen LogP contribution in [0.1, 0.15) is 19.3 Å². The van der Waals surface area contributed by atoms with E-state index in [4.69, 9.17) is 5.73 Å². The van der Waals surface area contributed by atoms with E-state index in [0.717, 1.165) is 12.4 Å². The lowest BCUT2D eigenvalue weighted by Crippen LogP contribution is -2.30. The number of nitrogens with two attached hydrogens (primary N) is 1. The highest BCUT2D eigenvalue weighted by Gasteiger charge is 2.23. The second-order valence-electron chi connectivity index (χ2n) is 4.08. The van der Waals surface area contributed by atoms with Crippen molar-refractivity contribution in [3.63, 3.8) is 0 Å². The fourth-order valence-corrected chi connectivity index (χ4v) is 2.10. The first-order chi connectivity index (χ1) is 6.77. The molecule has 14 heavy (non-hydrogen) atoms. The van der Waals surface area contributed by atoms with Crippen molar-refractivity contribution in [2.45, 2.75) is 25.3 Å². The van der Waals surface area contributed by atoms with Gasteiger partial charge in [0.05, 0.1) is 6.20 Å². The zero-order chi connectivity index (χ0) is 9.97. The number of nitrogens with one attached hydrogen (secondary N) is 1. The Bertz CT molecular complexity index is 294. The maximum Gasteiger partial charge on any atom is 0.123 e. The number of rotatable bonds is 3. The van der Waals surface area contributed by atoms with Crippen molar-refractivity contribution < 1.29 is 0 Å². The van der Waals surface area contributed by atoms with Crippen LogP contribution in [0.2, 0.25) is 0 Å². The Morgan fingerprint density at radius 2 is 2.50 bits per heavy atom. The van der Waals surface area contributed by atoms with Gasteiger partial charge in [0.1, 0.15) is 5.82 Å². The summed E-state index contributed by atoms with van der Waals surface area (Å²) in [6.07, 6.45) is 5.51. The standard InChI is InChI=1S/C10H18N4/c1-14-10(5-6-13-14)12-7-8-3-2-4-9(8)11/h5-6,8-9,12H,2-4,7,11H2,1H3. The van der Waals surface area contributed by atoms with Gasteiger partial charge in [-0.25, -0.2) is 0 Å². The van der Waals surface area contributed by atoms with Gasteiger partial charge in [0, 0.05) is 25.7 Å². The average Bonchev–Trinajstić information content (AvgIpc) is 2.72. The number of hydrogen-bond donors (Lipinski definition) is 2. The number of aryl methyl sites for hydroxylation is 1. The molecule has 0 aliphatic heterocycles. The SMILES string of the molecule is Cn1nccc1NCC1CCCC1N. The lowest BCUT2D eigenvalue weighted by atomic mass is 10.1. The minimum atomic E-state index is 0.385. The van der Waals surface area contributed by atoms with E-state index < -0.39 is 0 Å². The van der Waals surface area contributed by atoms with Gasteiger partial charge in [0.25, 0.3) is 0 Å². The first kappa shape index (κ1) is 9.52. The van der Waals surface area contributed by atoms with Gasteiger partial charge < -0.3 is 11.1 Å². The second-order valence-corrected chi connectivity index (χ2v) is 4.08. The Kier molecular flexibility index (Phi) is 2.72. The molecule has 0 saturated heterocycles. The lowest BCUT2D eigenvalue weighted by molar-refractivity contribution is 0.503. The molecule has 1 aromatic rings. The van der Waals surface area contributed by atoms with E-state index in [1.54, 1.807) is 6.20 Å². The summed E-state index contributed by atoms with van der Waals surface area (Å²) >= 11 is 0. The molecule has 1 heterocycles. The molecule has 0 amide bonds. The highest BCUT2D eigenvalue weighted by Crippen LogP contribution is 2.24. The van der Waals surface area contributed by atoms with Crippen LogP contribution in [0.5, 0.6) is 0 Å². The first-order valence-corrected chi connectivity index (χ1v) is 5.25. The van der Waals surface area contributed by atoms with Gasteiger partial charge >= 0.3 is 0 Å². The Hall–Kier alpha value is -1.03. The molecule has 1 aliphatic carbocycles. The summed E-state index contributed by atoms with van der Waals surface area (Å²) < 4.78 is 1.85. The first-order valence-electron chi connectivity index (χ1n) is 5.25. The van der Waals surface area contributed by atoms with E-state index in [-0.39, 0.29) is 0 Å². The smallest absolute Gasteiger partial charge is 0.123 e. The molecule has 3 N–H and O–H groups in total. The third-order valence-electron chi connectivity index (χ3n) is 3.08. The molecule has 2 rings (SSSR count). The highest BCUT2D eigenvalue weighted by molar-refractivity contribution is 5.33. The van der Waals surface area contributed by atoms with Crippen LogP contribution >= 0.6 is 0 Å². The summed E-state index contributed by atoms with van der Waals surface area (Å²) in [5.41, 5.74) is 5.99. The molecular weight excluding hydrogens is 176 g/mol. The highest BCUT2D eigenvalue weighted by atomic mass is 15.3. The van der Waals surface area contributed by atoms with Gasteiger partial charge in [-0.2, -0.15) is 5.10 Å². The molecule has 1 saturated carbocycles. The van der Waals surface area contributed by atoms with E-state index in [1.165, 1.54) is 19.3 Å². The summed E-state index contributed by atoms with van der Waals surface area (Å²) in [5, 5.41) is 7.49. The van der Waals surface area contributed by atoms with Crippen molar-refractivity contribution in [2.75, 3.05) is 11.9 Å². The van der Waals surface area contributed by atoms with Crippen molar-refractivity contribution >= 4 is 5.82 Å². The minimum absolute atomic E-state index is 0.385. The van der Waals surface area contributed by atoms with Crippen LogP contribution in [0.3, 0.4) is 0 Å². The Balaban J connectivity index is 1.85. The number of aromatic nitrogens is 2. The number of nitrogens with zero attached hydrogens (tertiary/aromatic N) is 2. The van der Waals surface area contributed by atoms with E-state index in [2.05, 4.69) is 10.4 Å². The molecule has 4 nitrogen and oxygen atoms in total. The molecule has 4 heteroatoms. The van der Waals surface area contributed by atoms with E-state index in [0.29, 0.717) is 12.0 Å². The molecule has 1 aliphatic rings. The molecule has 1 fully saturated rings. The van der Waals surface area contributed by atoms with Crippen molar-refractivity contribution in [1.29, 1.82) is 0 Å². The van der Waals surface area contributed by atoms with Crippen LogP contribution in [0, 0.1) is 5.92 Å². The fraction of sp³-hybridized carbons (Fsp3) is 0.700. The van der Waals surface area contributed by atoms with E-state index in [9.17, 15) is 0 Å². The summed E-state index contributed by atoms with van der Waals surface area (Å²) in [6.45, 7) is 0.973. The number of hydrogen-bond acceptors (Lipinski definition) is 3. The van der Waals surface area contributed by atoms with Crippen molar-refractivity contribution in [3.8, 4) is 0 Å². The quantitative estimate of drug-likeness (QED) is 0.753. The Morgan fingerprint density at radius 1 is 1.64 bits per heavy atom. The average molecular weight is 194 g/mol. The van der Waals surface area contributed by atoms with Crippen LogP contribution < -0.4 is 11.1 Å². The van der Waals surface area contributed by atoms with Crippen molar-refractivity contribution in [2.24, 2.45) is 18.7 Å². The van der Waals surface area contributed by atoms with Crippen LogP contribution in [0.15, 0.2) is 12.3 Å². The molecule has 2 unspecified atom stereocenters. The molecular formula is C10H18N4. The van der Waals surface area contributed by atoms with Crippen LogP contribution in [-0.2, 0) is 7.05 Å². The summed E-state index contributed by atoms with van der Waals surface area (Å²) in [7, 11) is 1.94. The molecule has 1 aromatic heterocycles. The minimum Gasteiger partial charge on any atom is -0.370 e. The summed E-state index contributed by atoms with van der Waals surface area (Å²) in [4.78, 5) is 0. The van der Waals surface area contributed by atoms with Gasteiger partial charge in [0.15, 0.2) is 0 Å². The molecule has 0 radical (unpaired) electrons. The topological polar surface area (TPSA) is 55.9 Å². The van der Waals surface area contributed by atoms with Crippen molar-refractivity contribution in [3.05, 3.63) is 12.3 Å². The van der Waals surface area contributed by atoms with Crippen LogP contribution in [0.4, 0.5) is 5.82 Å². The number of anilines is 1. The summed E-state index contributed by atoms with van der Waals surface area (Å²) in [5.74, 6) is 1.70. The Labute approximate surface area is 84.5 Å². The zero-order valence-corrected chi connectivity index (χ0v) is 8.61. The van der Waals surface area contributed by atoms with Crippen LogP contribution in [-0.4, -0.2) is 22.4 Å². The van der Waals surface area contributed by atoms with Gasteiger partial charge in [-0.1, -0.05) is 6.42 Å². The van der Waals surface area contributed by atoms with E-state index >= 15 is 0 Å². The second kappa shape index (κ2) is 4.00. The molecule has 0 spiro atoms. The predicted octanol–water partition coefficient (Wildman–Crippen LogP) is 0.959. The van der Waals surface area contributed by atoms with Gasteiger partial charge in [-0.15, -0.1) is 0 Å². The van der Waals surface area contributed by atoms with Gasteiger partial charge in [0.2, 0.25) is 0 Å².